The van der Waals surface area contributed by atoms with Crippen molar-refractivity contribution >= 4 is 28.3 Å². The highest BCUT2D eigenvalue weighted by Gasteiger charge is 2.35. The lowest BCUT2D eigenvalue weighted by Gasteiger charge is -2.26. The van der Waals surface area contributed by atoms with E-state index in [1.54, 1.807) is 0 Å². The average Bonchev–Trinajstić information content (AvgIpc) is 2.81. The lowest BCUT2D eigenvalue weighted by molar-refractivity contribution is -0.147. The summed E-state index contributed by atoms with van der Waals surface area (Å²) >= 11 is 1.22. The van der Waals surface area contributed by atoms with Crippen molar-refractivity contribution in [2.75, 3.05) is 5.32 Å². The number of hydrogen-bond donors (Lipinski definition) is 2. The second kappa shape index (κ2) is 5.22. The van der Waals surface area contributed by atoms with Crippen molar-refractivity contribution in [2.45, 2.75) is 25.7 Å². The predicted molar refractivity (Wildman–Crippen MR) is 61.6 cm³/mol. The van der Waals surface area contributed by atoms with Crippen molar-refractivity contribution in [3.8, 4) is 0 Å². The van der Waals surface area contributed by atoms with E-state index in [1.807, 2.05) is 0 Å². The molecular weight excluding hydrogens is 242 g/mol. The Balaban J connectivity index is 2.03. The fraction of sp³-hybridized carbons (Fsp3) is 0.600. The zero-order valence-corrected chi connectivity index (χ0v) is 9.94. The summed E-state index contributed by atoms with van der Waals surface area (Å²) in [6.07, 6.45) is 2.97. The summed E-state index contributed by atoms with van der Waals surface area (Å²) in [6.45, 7) is 0. The smallest absolute Gasteiger partial charge is 0.307 e. The maximum absolute atomic E-state index is 11.9. The Bertz CT molecular complexity index is 407. The van der Waals surface area contributed by atoms with Gasteiger partial charge >= 0.3 is 5.97 Å². The number of carbonyl (C=O) groups is 2. The Hall–Kier alpha value is -1.50. The largest absolute Gasteiger partial charge is 0.481 e. The first-order chi connectivity index (χ1) is 8.18. The molecule has 0 unspecified atom stereocenters. The van der Waals surface area contributed by atoms with Crippen LogP contribution in [0.25, 0.3) is 0 Å². The first-order valence-electron chi connectivity index (χ1n) is 5.48. The topological polar surface area (TPSA) is 92.2 Å². The van der Waals surface area contributed by atoms with Crippen LogP contribution in [0.4, 0.5) is 5.13 Å². The van der Waals surface area contributed by atoms with Gasteiger partial charge in [-0.25, -0.2) is 0 Å². The van der Waals surface area contributed by atoms with E-state index in [0.717, 1.165) is 12.8 Å². The molecule has 0 spiro atoms. The lowest BCUT2D eigenvalue weighted by atomic mass is 9.79. The van der Waals surface area contributed by atoms with E-state index in [2.05, 4.69) is 15.5 Å². The molecule has 2 atom stereocenters. The van der Waals surface area contributed by atoms with Crippen LogP contribution in [0.15, 0.2) is 5.51 Å². The Morgan fingerprint density at radius 2 is 2.06 bits per heavy atom. The summed E-state index contributed by atoms with van der Waals surface area (Å²) in [4.78, 5) is 23.0. The molecular formula is C10H13N3O3S. The molecule has 1 aliphatic rings. The highest BCUT2D eigenvalue weighted by Crippen LogP contribution is 2.31. The maximum Gasteiger partial charge on any atom is 0.307 e. The van der Waals surface area contributed by atoms with Gasteiger partial charge in [0.2, 0.25) is 11.0 Å². The first-order valence-corrected chi connectivity index (χ1v) is 6.36. The number of nitrogens with one attached hydrogen (secondary N) is 1. The Kier molecular flexibility index (Phi) is 3.68. The Labute approximate surface area is 102 Å². The lowest BCUT2D eigenvalue weighted by Crippen LogP contribution is -2.36. The monoisotopic (exact) mass is 255 g/mol. The molecule has 7 heteroatoms. The van der Waals surface area contributed by atoms with E-state index in [4.69, 9.17) is 5.11 Å². The van der Waals surface area contributed by atoms with E-state index >= 15 is 0 Å². The molecule has 1 aromatic rings. The van der Waals surface area contributed by atoms with Gasteiger partial charge in [0.25, 0.3) is 0 Å². The fourth-order valence-corrected chi connectivity index (χ4v) is 2.61. The van der Waals surface area contributed by atoms with Crippen molar-refractivity contribution in [3.05, 3.63) is 5.51 Å². The number of aromatic nitrogens is 2. The number of nitrogens with zero attached hydrogens (tertiary/aromatic N) is 2. The van der Waals surface area contributed by atoms with E-state index in [0.29, 0.717) is 18.0 Å². The minimum atomic E-state index is -0.887. The quantitative estimate of drug-likeness (QED) is 0.851. The van der Waals surface area contributed by atoms with Crippen molar-refractivity contribution in [1.82, 2.24) is 10.2 Å². The number of rotatable bonds is 3. The number of carboxylic acids is 1. The van der Waals surface area contributed by atoms with Gasteiger partial charge in [-0.3, -0.25) is 9.59 Å². The van der Waals surface area contributed by atoms with Crippen LogP contribution in [0, 0.1) is 11.8 Å². The molecule has 1 heterocycles. The third-order valence-electron chi connectivity index (χ3n) is 3.01. The fourth-order valence-electron chi connectivity index (χ4n) is 2.17. The molecule has 1 fully saturated rings. The van der Waals surface area contributed by atoms with Crippen LogP contribution in [-0.4, -0.2) is 27.2 Å². The van der Waals surface area contributed by atoms with E-state index in [9.17, 15) is 9.59 Å². The number of hydrogen-bond acceptors (Lipinski definition) is 5. The molecule has 1 amide bonds. The summed E-state index contributed by atoms with van der Waals surface area (Å²) in [5.41, 5.74) is 1.52. The van der Waals surface area contributed by atoms with Crippen molar-refractivity contribution in [2.24, 2.45) is 11.8 Å². The van der Waals surface area contributed by atoms with Gasteiger partial charge in [0.1, 0.15) is 5.51 Å². The third kappa shape index (κ3) is 2.79. The van der Waals surface area contributed by atoms with Gasteiger partial charge in [-0.15, -0.1) is 10.2 Å². The Morgan fingerprint density at radius 3 is 2.65 bits per heavy atom. The molecule has 6 nitrogen and oxygen atoms in total. The standard InChI is InChI=1S/C10H13N3O3S/c14-8(12-10-13-11-5-17-10)6-3-1-2-4-7(6)9(15)16/h5-7H,1-4H2,(H,15,16)(H,12,13,14)/t6-,7+/m1/s1. The average molecular weight is 255 g/mol. The normalized spacial score (nSPS) is 24.2. The van der Waals surface area contributed by atoms with Crippen LogP contribution in [0.5, 0.6) is 0 Å². The molecule has 0 saturated heterocycles. The van der Waals surface area contributed by atoms with Gasteiger partial charge in [0, 0.05) is 0 Å². The second-order valence-corrected chi connectivity index (χ2v) is 4.90. The van der Waals surface area contributed by atoms with Crippen LogP contribution in [0.1, 0.15) is 25.7 Å². The van der Waals surface area contributed by atoms with Gasteiger partial charge in [-0.05, 0) is 12.8 Å². The predicted octanol–water partition coefficient (Wildman–Crippen LogP) is 1.37. The van der Waals surface area contributed by atoms with E-state index in [1.165, 1.54) is 16.8 Å². The van der Waals surface area contributed by atoms with Crippen molar-refractivity contribution < 1.29 is 14.7 Å². The van der Waals surface area contributed by atoms with Gasteiger partial charge in [0.15, 0.2) is 0 Å². The summed E-state index contributed by atoms with van der Waals surface area (Å²) in [5.74, 6) is -2.17. The number of anilines is 1. The number of amides is 1. The summed E-state index contributed by atoms with van der Waals surface area (Å²) in [6, 6.07) is 0. The molecule has 1 saturated carbocycles. The SMILES string of the molecule is O=C(O)[C@H]1CCCC[C@H]1C(=O)Nc1nncs1. The minimum absolute atomic E-state index is 0.256. The molecule has 0 radical (unpaired) electrons. The summed E-state index contributed by atoms with van der Waals surface area (Å²) < 4.78 is 0. The molecule has 2 rings (SSSR count). The van der Waals surface area contributed by atoms with Crippen LogP contribution in [0.3, 0.4) is 0 Å². The second-order valence-electron chi connectivity index (χ2n) is 4.07. The number of aliphatic carboxylic acids is 1. The molecule has 2 N–H and O–H groups in total. The third-order valence-corrected chi connectivity index (χ3v) is 3.62. The van der Waals surface area contributed by atoms with Crippen molar-refractivity contribution in [1.29, 1.82) is 0 Å². The highest BCUT2D eigenvalue weighted by molar-refractivity contribution is 7.13. The number of carbonyl (C=O) groups excluding carboxylic acids is 1. The molecule has 17 heavy (non-hydrogen) atoms. The van der Waals surface area contributed by atoms with E-state index < -0.39 is 17.8 Å². The van der Waals surface area contributed by atoms with E-state index in [-0.39, 0.29) is 5.91 Å². The van der Waals surface area contributed by atoms with Gasteiger partial charge in [0.05, 0.1) is 11.8 Å². The zero-order valence-electron chi connectivity index (χ0n) is 9.13. The molecule has 1 aliphatic carbocycles. The highest BCUT2D eigenvalue weighted by atomic mass is 32.1. The molecule has 92 valence electrons. The van der Waals surface area contributed by atoms with Gasteiger partial charge in [-0.1, -0.05) is 24.2 Å². The van der Waals surface area contributed by atoms with Gasteiger partial charge in [-0.2, -0.15) is 0 Å². The molecule has 0 aliphatic heterocycles. The summed E-state index contributed by atoms with van der Waals surface area (Å²) in [5, 5.41) is 19.4. The number of carboxylic acid groups (broad SMARTS) is 1. The molecule has 0 bridgehead atoms. The van der Waals surface area contributed by atoms with Crippen LogP contribution >= 0.6 is 11.3 Å². The molecule has 1 aromatic heterocycles. The van der Waals surface area contributed by atoms with Crippen LogP contribution < -0.4 is 5.32 Å². The van der Waals surface area contributed by atoms with Crippen LogP contribution in [-0.2, 0) is 9.59 Å². The van der Waals surface area contributed by atoms with Gasteiger partial charge < -0.3 is 10.4 Å². The first kappa shape index (κ1) is 12.0. The minimum Gasteiger partial charge on any atom is -0.481 e. The summed E-state index contributed by atoms with van der Waals surface area (Å²) in [7, 11) is 0. The molecule has 0 aromatic carbocycles. The zero-order chi connectivity index (χ0) is 12.3. The van der Waals surface area contributed by atoms with Crippen molar-refractivity contribution in [3.63, 3.8) is 0 Å². The van der Waals surface area contributed by atoms with Crippen LogP contribution in [0.2, 0.25) is 0 Å². The Morgan fingerprint density at radius 1 is 1.35 bits per heavy atom. The maximum atomic E-state index is 11.9.